The number of ether oxygens (including phenoxy) is 1. The summed E-state index contributed by atoms with van der Waals surface area (Å²) in [6, 6.07) is 0. The summed E-state index contributed by atoms with van der Waals surface area (Å²) < 4.78 is 4.69. The fourth-order valence-electron chi connectivity index (χ4n) is 0.232. The lowest BCUT2D eigenvalue weighted by Gasteiger charge is -1.96. The maximum atomic E-state index is 4.95. The molecule has 0 heterocycles. The monoisotopic (exact) mass is 96.1 g/mol. The number of hydrogen-bond donors (Lipinski definition) is 0. The Balaban J connectivity index is 3.43. The van der Waals surface area contributed by atoms with E-state index in [0.29, 0.717) is 0 Å². The molecule has 0 aromatic rings. The molecule has 0 saturated carbocycles. The van der Waals surface area contributed by atoms with Crippen LogP contribution in [-0.4, -0.2) is 13.2 Å². The van der Waals surface area contributed by atoms with Crippen molar-refractivity contribution in [1.82, 2.24) is 0 Å². The van der Waals surface area contributed by atoms with Gasteiger partial charge in [-0.2, -0.15) is 0 Å². The summed E-state index contributed by atoms with van der Waals surface area (Å²) in [6.45, 7) is 3.44. The first kappa shape index (κ1) is 6.26. The van der Waals surface area contributed by atoms with E-state index in [9.17, 15) is 0 Å². The second-order valence-corrected chi connectivity index (χ2v) is 1.06. The summed E-state index contributed by atoms with van der Waals surface area (Å²) in [7, 11) is 1.55. The van der Waals surface area contributed by atoms with Crippen molar-refractivity contribution < 1.29 is 4.74 Å². The van der Waals surface area contributed by atoms with Gasteiger partial charge < -0.3 is 4.74 Å². The van der Waals surface area contributed by atoms with Gasteiger partial charge in [-0.3, -0.25) is 0 Å². The minimum absolute atomic E-state index is 0.222. The Hall–Kier alpha value is -0.740. The smallest absolute Gasteiger partial charge is 0.135 e. The van der Waals surface area contributed by atoms with Gasteiger partial charge in [0.2, 0.25) is 0 Å². The van der Waals surface area contributed by atoms with Gasteiger partial charge in [-0.15, -0.1) is 6.42 Å². The molecular formula is C6H8O. The van der Waals surface area contributed by atoms with Crippen molar-refractivity contribution in [3.05, 3.63) is 12.7 Å². The van der Waals surface area contributed by atoms with Crippen molar-refractivity contribution in [3.8, 4) is 12.3 Å². The molecule has 1 unspecified atom stereocenters. The third-order valence-electron chi connectivity index (χ3n) is 0.632. The summed E-state index contributed by atoms with van der Waals surface area (Å²) in [5, 5.41) is 0. The highest BCUT2D eigenvalue weighted by atomic mass is 16.5. The number of methoxy groups -OCH3 is 1. The molecular weight excluding hydrogens is 88.1 g/mol. The zero-order valence-corrected chi connectivity index (χ0v) is 4.35. The molecule has 0 aromatic heterocycles. The molecule has 0 aromatic carbocycles. The van der Waals surface area contributed by atoms with E-state index < -0.39 is 0 Å². The molecule has 1 nitrogen and oxygen atoms in total. The van der Waals surface area contributed by atoms with Crippen LogP contribution in [0.1, 0.15) is 0 Å². The van der Waals surface area contributed by atoms with E-state index in [2.05, 4.69) is 12.5 Å². The van der Waals surface area contributed by atoms with Gasteiger partial charge in [0.05, 0.1) is 0 Å². The molecule has 0 saturated heterocycles. The predicted molar refractivity (Wildman–Crippen MR) is 29.8 cm³/mol. The zero-order valence-electron chi connectivity index (χ0n) is 4.35. The van der Waals surface area contributed by atoms with Gasteiger partial charge in [-0.25, -0.2) is 0 Å². The van der Waals surface area contributed by atoms with Gasteiger partial charge in [-0.1, -0.05) is 18.6 Å². The fraction of sp³-hybridized carbons (Fsp3) is 0.333. The molecule has 0 bridgehead atoms. The van der Waals surface area contributed by atoms with Crippen molar-refractivity contribution in [2.24, 2.45) is 0 Å². The minimum atomic E-state index is -0.222. The van der Waals surface area contributed by atoms with Crippen LogP contribution in [0.15, 0.2) is 12.7 Å². The first-order valence-corrected chi connectivity index (χ1v) is 1.96. The normalized spacial score (nSPS) is 12.0. The van der Waals surface area contributed by atoms with Gasteiger partial charge in [0.15, 0.2) is 0 Å². The molecule has 0 fully saturated rings. The second-order valence-electron chi connectivity index (χ2n) is 1.06. The average molecular weight is 96.1 g/mol. The fourth-order valence-corrected chi connectivity index (χ4v) is 0.232. The quantitative estimate of drug-likeness (QED) is 0.365. The third-order valence-corrected chi connectivity index (χ3v) is 0.632. The van der Waals surface area contributed by atoms with E-state index in [0.717, 1.165) is 0 Å². The molecule has 1 heteroatoms. The lowest BCUT2D eigenvalue weighted by Crippen LogP contribution is -2.00. The highest BCUT2D eigenvalue weighted by Crippen LogP contribution is 1.84. The van der Waals surface area contributed by atoms with Crippen LogP contribution in [-0.2, 0) is 4.74 Å². The Morgan fingerprint density at radius 2 is 2.57 bits per heavy atom. The minimum Gasteiger partial charge on any atom is -0.365 e. The highest BCUT2D eigenvalue weighted by Gasteiger charge is 1.88. The molecule has 0 radical (unpaired) electrons. The van der Waals surface area contributed by atoms with Crippen molar-refractivity contribution >= 4 is 0 Å². The molecule has 0 aliphatic rings. The molecule has 0 spiro atoms. The van der Waals surface area contributed by atoms with Crippen LogP contribution in [0.5, 0.6) is 0 Å². The van der Waals surface area contributed by atoms with Crippen LogP contribution in [0, 0.1) is 12.3 Å². The van der Waals surface area contributed by atoms with Crippen LogP contribution < -0.4 is 0 Å². The average Bonchev–Trinajstić information content (AvgIpc) is 1.72. The Morgan fingerprint density at radius 1 is 2.00 bits per heavy atom. The van der Waals surface area contributed by atoms with Crippen LogP contribution in [0.4, 0.5) is 0 Å². The van der Waals surface area contributed by atoms with Crippen molar-refractivity contribution in [2.45, 2.75) is 6.10 Å². The topological polar surface area (TPSA) is 9.23 Å². The molecule has 0 amide bonds. The largest absolute Gasteiger partial charge is 0.365 e. The maximum absolute atomic E-state index is 4.95. The molecule has 0 aliphatic carbocycles. The molecule has 0 rings (SSSR count). The van der Waals surface area contributed by atoms with E-state index >= 15 is 0 Å². The first-order valence-electron chi connectivity index (χ1n) is 1.96. The van der Waals surface area contributed by atoms with E-state index in [-0.39, 0.29) is 6.10 Å². The maximum Gasteiger partial charge on any atom is 0.135 e. The molecule has 1 atom stereocenters. The summed E-state index contributed by atoms with van der Waals surface area (Å²) in [4.78, 5) is 0. The SMILES string of the molecule is C#CC(C=C)OC. The van der Waals surface area contributed by atoms with Gasteiger partial charge in [0.25, 0.3) is 0 Å². The van der Waals surface area contributed by atoms with E-state index in [4.69, 9.17) is 11.2 Å². The Bertz CT molecular complexity index is 88.8. The lowest BCUT2D eigenvalue weighted by molar-refractivity contribution is 0.185. The zero-order chi connectivity index (χ0) is 5.70. The van der Waals surface area contributed by atoms with Crippen LogP contribution in [0.25, 0.3) is 0 Å². The summed E-state index contributed by atoms with van der Waals surface area (Å²) >= 11 is 0. The standard InChI is InChI=1S/C6H8O/c1-4-6(5-2)7-3/h1,5-6H,2H2,3H3. The second kappa shape index (κ2) is 3.45. The predicted octanol–water partition coefficient (Wildman–Crippen LogP) is 0.821. The summed E-state index contributed by atoms with van der Waals surface area (Å²) in [5.74, 6) is 2.36. The molecule has 38 valence electrons. The van der Waals surface area contributed by atoms with Gasteiger partial charge in [-0.05, 0) is 0 Å². The van der Waals surface area contributed by atoms with Crippen LogP contribution >= 0.6 is 0 Å². The first-order chi connectivity index (χ1) is 3.35. The number of terminal acetylenes is 1. The lowest BCUT2D eigenvalue weighted by atomic mass is 10.4. The Morgan fingerprint density at radius 3 is 2.57 bits per heavy atom. The Kier molecular flexibility index (Phi) is 3.09. The van der Waals surface area contributed by atoms with Gasteiger partial charge in [0.1, 0.15) is 6.10 Å². The molecule has 7 heavy (non-hydrogen) atoms. The summed E-state index contributed by atoms with van der Waals surface area (Å²) in [6.07, 6.45) is 6.29. The highest BCUT2D eigenvalue weighted by molar-refractivity contribution is 5.03. The molecule has 0 aliphatic heterocycles. The van der Waals surface area contributed by atoms with E-state index in [1.54, 1.807) is 13.2 Å². The van der Waals surface area contributed by atoms with Crippen LogP contribution in [0.2, 0.25) is 0 Å². The van der Waals surface area contributed by atoms with E-state index in [1.807, 2.05) is 0 Å². The summed E-state index contributed by atoms with van der Waals surface area (Å²) in [5.41, 5.74) is 0. The van der Waals surface area contributed by atoms with E-state index in [1.165, 1.54) is 0 Å². The number of rotatable bonds is 2. The van der Waals surface area contributed by atoms with Gasteiger partial charge in [0, 0.05) is 7.11 Å². The Labute approximate surface area is 44.0 Å². The molecule has 0 N–H and O–H groups in total. The van der Waals surface area contributed by atoms with Crippen molar-refractivity contribution in [1.29, 1.82) is 0 Å². The number of hydrogen-bond acceptors (Lipinski definition) is 1. The van der Waals surface area contributed by atoms with Crippen LogP contribution in [0.3, 0.4) is 0 Å². The van der Waals surface area contributed by atoms with Gasteiger partial charge >= 0.3 is 0 Å². The van der Waals surface area contributed by atoms with Crippen molar-refractivity contribution in [2.75, 3.05) is 7.11 Å². The third kappa shape index (κ3) is 2.02. The van der Waals surface area contributed by atoms with Crippen molar-refractivity contribution in [3.63, 3.8) is 0 Å².